The molecule has 1 rings (SSSR count). The molecule has 0 unspecified atom stereocenters. The van der Waals surface area contributed by atoms with Gasteiger partial charge >= 0.3 is 11.9 Å². The lowest BCUT2D eigenvalue weighted by Crippen LogP contribution is -2.36. The minimum atomic E-state index is -0.769. The molecule has 0 aliphatic heterocycles. The maximum Gasteiger partial charge on any atom is 0.396 e. The Hall–Kier alpha value is -1.06. The van der Waals surface area contributed by atoms with E-state index < -0.39 is 11.9 Å². The van der Waals surface area contributed by atoms with Gasteiger partial charge in [0.25, 0.3) is 0 Å². The van der Waals surface area contributed by atoms with Gasteiger partial charge in [-0.05, 0) is 31.6 Å². The summed E-state index contributed by atoms with van der Waals surface area (Å²) in [4.78, 5) is 22.4. The number of hydrogen-bond acceptors (Lipinski definition) is 3. The molecule has 17 heavy (non-hydrogen) atoms. The summed E-state index contributed by atoms with van der Waals surface area (Å²) in [7, 11) is 0. The first-order valence-electron chi connectivity index (χ1n) is 6.62. The van der Waals surface area contributed by atoms with Crippen molar-refractivity contribution in [3.63, 3.8) is 0 Å². The lowest BCUT2D eigenvalue weighted by atomic mass is 9.81. The Balaban J connectivity index is 2.19. The molecule has 0 spiro atoms. The summed E-state index contributed by atoms with van der Waals surface area (Å²) in [6, 6.07) is 0. The van der Waals surface area contributed by atoms with Crippen molar-refractivity contribution < 1.29 is 14.3 Å². The Morgan fingerprint density at radius 1 is 1.12 bits per heavy atom. The molecule has 0 aromatic carbocycles. The van der Waals surface area contributed by atoms with E-state index in [4.69, 9.17) is 0 Å². The predicted octanol–water partition coefficient (Wildman–Crippen LogP) is 1.88. The quantitative estimate of drug-likeness (QED) is 0.604. The molecule has 98 valence electrons. The number of rotatable bonds is 4. The normalized spacial score (nSPS) is 24.1. The maximum absolute atomic E-state index is 11.3. The van der Waals surface area contributed by atoms with E-state index in [0.717, 1.165) is 18.8 Å². The van der Waals surface area contributed by atoms with Crippen molar-refractivity contribution in [1.82, 2.24) is 5.32 Å². The Bertz CT molecular complexity index is 257. The van der Waals surface area contributed by atoms with E-state index in [1.165, 1.54) is 19.3 Å². The van der Waals surface area contributed by atoms with Gasteiger partial charge in [0.15, 0.2) is 0 Å². The topological polar surface area (TPSA) is 55.4 Å². The van der Waals surface area contributed by atoms with Crippen molar-refractivity contribution in [1.29, 1.82) is 0 Å². The van der Waals surface area contributed by atoms with Gasteiger partial charge in [-0.3, -0.25) is 4.79 Å². The van der Waals surface area contributed by atoms with Gasteiger partial charge < -0.3 is 10.1 Å². The van der Waals surface area contributed by atoms with Crippen LogP contribution in [0.25, 0.3) is 0 Å². The Morgan fingerprint density at radius 2 is 1.71 bits per heavy atom. The second-order valence-electron chi connectivity index (χ2n) is 4.73. The molecule has 1 saturated carbocycles. The van der Waals surface area contributed by atoms with Crippen molar-refractivity contribution in [3.8, 4) is 0 Å². The van der Waals surface area contributed by atoms with Crippen LogP contribution in [0.15, 0.2) is 0 Å². The third-order valence-electron chi connectivity index (χ3n) is 3.56. The molecule has 0 bridgehead atoms. The molecule has 0 saturated heterocycles. The summed E-state index contributed by atoms with van der Waals surface area (Å²) in [5.41, 5.74) is 0. The first kappa shape index (κ1) is 14.0. The van der Waals surface area contributed by atoms with Crippen molar-refractivity contribution in [2.45, 2.75) is 46.0 Å². The van der Waals surface area contributed by atoms with Gasteiger partial charge in [-0.25, -0.2) is 4.79 Å². The number of carbonyl (C=O) groups excluding carboxylic acids is 2. The fourth-order valence-corrected chi connectivity index (χ4v) is 2.35. The molecular weight excluding hydrogens is 218 g/mol. The number of carbonyl (C=O) groups is 2. The van der Waals surface area contributed by atoms with Crippen molar-refractivity contribution in [3.05, 3.63) is 0 Å². The highest BCUT2D eigenvalue weighted by Gasteiger charge is 2.21. The van der Waals surface area contributed by atoms with Crippen LogP contribution in [0.2, 0.25) is 0 Å². The molecule has 0 radical (unpaired) electrons. The van der Waals surface area contributed by atoms with Crippen LogP contribution in [0.5, 0.6) is 0 Å². The fourth-order valence-electron chi connectivity index (χ4n) is 2.35. The zero-order chi connectivity index (χ0) is 12.7. The van der Waals surface area contributed by atoms with Gasteiger partial charge in [0.2, 0.25) is 0 Å². The Labute approximate surface area is 103 Å². The SMILES string of the molecule is CCOC(=O)C(=O)NCC1CCC(CC)CC1. The molecule has 1 aliphatic carbocycles. The second-order valence-corrected chi connectivity index (χ2v) is 4.73. The number of amides is 1. The highest BCUT2D eigenvalue weighted by molar-refractivity contribution is 6.32. The third kappa shape index (κ3) is 4.75. The first-order valence-corrected chi connectivity index (χ1v) is 6.62. The van der Waals surface area contributed by atoms with E-state index >= 15 is 0 Å². The van der Waals surface area contributed by atoms with E-state index in [1.807, 2.05) is 0 Å². The Kier molecular flexibility index (Phi) is 6.01. The number of ether oxygens (including phenoxy) is 1. The van der Waals surface area contributed by atoms with Gasteiger partial charge in [-0.1, -0.05) is 26.2 Å². The van der Waals surface area contributed by atoms with Crippen LogP contribution < -0.4 is 5.32 Å². The zero-order valence-electron chi connectivity index (χ0n) is 10.8. The molecule has 4 nitrogen and oxygen atoms in total. The largest absolute Gasteiger partial charge is 0.459 e. The zero-order valence-corrected chi connectivity index (χ0v) is 10.8. The van der Waals surface area contributed by atoms with Crippen LogP contribution in [-0.4, -0.2) is 25.0 Å². The van der Waals surface area contributed by atoms with E-state index in [2.05, 4.69) is 17.0 Å². The second kappa shape index (κ2) is 7.30. The van der Waals surface area contributed by atoms with Crippen LogP contribution in [0, 0.1) is 11.8 Å². The standard InChI is InChI=1S/C13H23NO3/c1-3-10-5-7-11(8-6-10)9-14-12(15)13(16)17-4-2/h10-11H,3-9H2,1-2H3,(H,14,15). The summed E-state index contributed by atoms with van der Waals surface area (Å²) in [5.74, 6) is 0.00222. The first-order chi connectivity index (χ1) is 8.17. The van der Waals surface area contributed by atoms with Crippen molar-refractivity contribution in [2.24, 2.45) is 11.8 Å². The summed E-state index contributed by atoms with van der Waals surface area (Å²) >= 11 is 0. The minimum Gasteiger partial charge on any atom is -0.459 e. The van der Waals surface area contributed by atoms with Gasteiger partial charge in [-0.2, -0.15) is 0 Å². The van der Waals surface area contributed by atoms with E-state index in [9.17, 15) is 9.59 Å². The average molecular weight is 241 g/mol. The lowest BCUT2D eigenvalue weighted by molar-refractivity contribution is -0.154. The highest BCUT2D eigenvalue weighted by Crippen LogP contribution is 2.29. The van der Waals surface area contributed by atoms with Gasteiger partial charge in [0.1, 0.15) is 0 Å². The number of hydrogen-bond donors (Lipinski definition) is 1. The van der Waals surface area contributed by atoms with E-state index in [1.54, 1.807) is 6.92 Å². The van der Waals surface area contributed by atoms with Crippen LogP contribution in [0.3, 0.4) is 0 Å². The van der Waals surface area contributed by atoms with Crippen molar-refractivity contribution >= 4 is 11.9 Å². The highest BCUT2D eigenvalue weighted by atomic mass is 16.5. The van der Waals surface area contributed by atoms with Crippen molar-refractivity contribution in [2.75, 3.05) is 13.2 Å². The molecule has 1 fully saturated rings. The van der Waals surface area contributed by atoms with Gasteiger partial charge in [0.05, 0.1) is 6.61 Å². The molecule has 4 heteroatoms. The van der Waals surface area contributed by atoms with Crippen LogP contribution in [0.4, 0.5) is 0 Å². The third-order valence-corrected chi connectivity index (χ3v) is 3.56. The Morgan fingerprint density at radius 3 is 2.24 bits per heavy atom. The molecule has 0 heterocycles. The molecule has 1 N–H and O–H groups in total. The number of nitrogens with one attached hydrogen (secondary N) is 1. The monoisotopic (exact) mass is 241 g/mol. The summed E-state index contributed by atoms with van der Waals surface area (Å²) in [5, 5.41) is 2.66. The molecule has 1 amide bonds. The molecule has 0 aromatic rings. The van der Waals surface area contributed by atoms with Gasteiger partial charge in [0, 0.05) is 6.54 Å². The molecule has 0 aromatic heterocycles. The molecule has 1 aliphatic rings. The van der Waals surface area contributed by atoms with Crippen LogP contribution in [0.1, 0.15) is 46.0 Å². The summed E-state index contributed by atoms with van der Waals surface area (Å²) < 4.78 is 4.63. The molecule has 0 atom stereocenters. The molecular formula is C13H23NO3. The van der Waals surface area contributed by atoms with Crippen LogP contribution >= 0.6 is 0 Å². The lowest BCUT2D eigenvalue weighted by Gasteiger charge is -2.27. The smallest absolute Gasteiger partial charge is 0.396 e. The van der Waals surface area contributed by atoms with Gasteiger partial charge in [-0.15, -0.1) is 0 Å². The summed E-state index contributed by atoms with van der Waals surface area (Å²) in [6.07, 6.45) is 6.05. The fraction of sp³-hybridized carbons (Fsp3) is 0.846. The van der Waals surface area contributed by atoms with E-state index in [-0.39, 0.29) is 6.61 Å². The van der Waals surface area contributed by atoms with E-state index in [0.29, 0.717) is 12.5 Å². The maximum atomic E-state index is 11.3. The van der Waals surface area contributed by atoms with Crippen LogP contribution in [-0.2, 0) is 14.3 Å². The minimum absolute atomic E-state index is 0.244. The predicted molar refractivity (Wildman–Crippen MR) is 65.4 cm³/mol. The average Bonchev–Trinajstić information content (AvgIpc) is 2.36. The number of esters is 1. The summed E-state index contributed by atoms with van der Waals surface area (Å²) in [6.45, 7) is 4.77.